The van der Waals surface area contributed by atoms with Crippen LogP contribution in [0.15, 0.2) is 48.5 Å². The van der Waals surface area contributed by atoms with Crippen molar-refractivity contribution in [3.05, 3.63) is 71.0 Å². The number of halogens is 1. The van der Waals surface area contributed by atoms with Crippen molar-refractivity contribution in [2.45, 2.75) is 12.8 Å². The molecule has 6 heteroatoms. The number of benzene rings is 2. The number of aryl methyl sites for hydroxylation is 1. The van der Waals surface area contributed by atoms with E-state index in [4.69, 9.17) is 5.26 Å². The van der Waals surface area contributed by atoms with Gasteiger partial charge in [0.05, 0.1) is 11.6 Å². The fourth-order valence-electron chi connectivity index (χ4n) is 3.16. The molecule has 0 spiro atoms. The molecule has 1 aliphatic heterocycles. The number of nitrogens with zero attached hydrogens (tertiary/aromatic N) is 3. The molecule has 2 aromatic carbocycles. The molecule has 0 atom stereocenters. The summed E-state index contributed by atoms with van der Waals surface area (Å²) in [6.07, 6.45) is 0.616. The van der Waals surface area contributed by atoms with E-state index in [1.54, 1.807) is 52.3 Å². The maximum atomic E-state index is 13.6. The summed E-state index contributed by atoms with van der Waals surface area (Å²) < 4.78 is 13.6. The Morgan fingerprint density at radius 3 is 2.41 bits per heavy atom. The molecule has 1 saturated heterocycles. The second-order valence-electron chi connectivity index (χ2n) is 6.46. The Bertz CT molecular complexity index is 883. The molecule has 2 aromatic rings. The summed E-state index contributed by atoms with van der Waals surface area (Å²) in [5.74, 6) is -0.456. The molecule has 3 rings (SSSR count). The molecule has 0 radical (unpaired) electrons. The molecule has 1 fully saturated rings. The van der Waals surface area contributed by atoms with Crippen LogP contribution in [0.5, 0.6) is 0 Å². The van der Waals surface area contributed by atoms with Crippen molar-refractivity contribution in [2.24, 2.45) is 0 Å². The average molecular weight is 365 g/mol. The second-order valence-corrected chi connectivity index (χ2v) is 6.46. The van der Waals surface area contributed by atoms with Gasteiger partial charge in [-0.15, -0.1) is 0 Å². The summed E-state index contributed by atoms with van der Waals surface area (Å²) in [6, 6.07) is 15.1. The standard InChI is InChI=1S/C21H20FN3O2/c22-19-7-2-1-5-17(19)8-9-20(26)24-10-12-25(13-11-24)21(27)18-6-3-4-16(14-18)15-23/h1-7,14H,8-13H2. The minimum atomic E-state index is -0.291. The number of nitriles is 1. The van der Waals surface area contributed by atoms with Crippen LogP contribution in [-0.4, -0.2) is 47.8 Å². The maximum absolute atomic E-state index is 13.6. The van der Waals surface area contributed by atoms with Crippen molar-refractivity contribution in [3.63, 3.8) is 0 Å². The molecule has 0 unspecified atom stereocenters. The predicted octanol–water partition coefficient (Wildman–Crippen LogP) is 2.61. The molecule has 138 valence electrons. The Labute approximate surface area is 157 Å². The fraction of sp³-hybridized carbons (Fsp3) is 0.286. The zero-order chi connectivity index (χ0) is 19.2. The van der Waals surface area contributed by atoms with Gasteiger partial charge >= 0.3 is 0 Å². The molecule has 1 aliphatic rings. The molecular weight excluding hydrogens is 345 g/mol. The number of carbonyl (C=O) groups is 2. The first kappa shape index (κ1) is 18.6. The van der Waals surface area contributed by atoms with Gasteiger partial charge in [-0.25, -0.2) is 4.39 Å². The van der Waals surface area contributed by atoms with Gasteiger partial charge in [0.25, 0.3) is 5.91 Å². The zero-order valence-electron chi connectivity index (χ0n) is 14.9. The van der Waals surface area contributed by atoms with Gasteiger partial charge in [0.15, 0.2) is 0 Å². The summed E-state index contributed by atoms with van der Waals surface area (Å²) >= 11 is 0. The largest absolute Gasteiger partial charge is 0.339 e. The lowest BCUT2D eigenvalue weighted by molar-refractivity contribution is -0.132. The highest BCUT2D eigenvalue weighted by atomic mass is 19.1. The molecule has 0 aliphatic carbocycles. The Morgan fingerprint density at radius 2 is 1.70 bits per heavy atom. The van der Waals surface area contributed by atoms with Crippen LogP contribution in [-0.2, 0) is 11.2 Å². The Kier molecular flexibility index (Phi) is 5.82. The van der Waals surface area contributed by atoms with E-state index < -0.39 is 0 Å². The lowest BCUT2D eigenvalue weighted by atomic mass is 10.1. The molecule has 0 aromatic heterocycles. The highest BCUT2D eigenvalue weighted by molar-refractivity contribution is 5.94. The van der Waals surface area contributed by atoms with Crippen LogP contribution in [0.1, 0.15) is 27.9 Å². The lowest BCUT2D eigenvalue weighted by Gasteiger charge is -2.35. The van der Waals surface area contributed by atoms with Gasteiger partial charge in [0.1, 0.15) is 5.82 Å². The summed E-state index contributed by atoms with van der Waals surface area (Å²) in [7, 11) is 0. The number of hydrogen-bond acceptors (Lipinski definition) is 3. The fourth-order valence-corrected chi connectivity index (χ4v) is 3.16. The second kappa shape index (κ2) is 8.45. The smallest absolute Gasteiger partial charge is 0.254 e. The van der Waals surface area contributed by atoms with E-state index in [2.05, 4.69) is 0 Å². The third-order valence-electron chi connectivity index (χ3n) is 4.72. The number of hydrogen-bond donors (Lipinski definition) is 0. The van der Waals surface area contributed by atoms with Crippen molar-refractivity contribution in [2.75, 3.05) is 26.2 Å². The molecule has 1 heterocycles. The molecule has 5 nitrogen and oxygen atoms in total. The van der Waals surface area contributed by atoms with E-state index in [0.29, 0.717) is 49.3 Å². The van der Waals surface area contributed by atoms with Gasteiger partial charge in [0.2, 0.25) is 5.91 Å². The Hall–Kier alpha value is -3.20. The third-order valence-corrected chi connectivity index (χ3v) is 4.72. The van der Waals surface area contributed by atoms with Crippen LogP contribution in [0.3, 0.4) is 0 Å². The van der Waals surface area contributed by atoms with Crippen molar-refractivity contribution in [1.29, 1.82) is 5.26 Å². The minimum Gasteiger partial charge on any atom is -0.339 e. The number of rotatable bonds is 4. The van der Waals surface area contributed by atoms with Crippen molar-refractivity contribution in [3.8, 4) is 6.07 Å². The van der Waals surface area contributed by atoms with E-state index in [1.807, 2.05) is 6.07 Å². The topological polar surface area (TPSA) is 64.4 Å². The van der Waals surface area contributed by atoms with Gasteiger partial charge in [-0.3, -0.25) is 9.59 Å². The zero-order valence-corrected chi connectivity index (χ0v) is 14.9. The summed E-state index contributed by atoms with van der Waals surface area (Å²) in [6.45, 7) is 1.81. The van der Waals surface area contributed by atoms with E-state index >= 15 is 0 Å². The Morgan fingerprint density at radius 1 is 1.00 bits per heavy atom. The number of carbonyl (C=O) groups excluding carboxylic acids is 2. The first-order valence-electron chi connectivity index (χ1n) is 8.89. The van der Waals surface area contributed by atoms with Gasteiger partial charge in [-0.05, 0) is 36.2 Å². The normalized spacial score (nSPS) is 13.9. The van der Waals surface area contributed by atoms with Gasteiger partial charge in [0, 0.05) is 38.2 Å². The summed E-state index contributed by atoms with van der Waals surface area (Å²) in [4.78, 5) is 28.4. The van der Waals surface area contributed by atoms with E-state index in [1.165, 1.54) is 6.07 Å². The highest BCUT2D eigenvalue weighted by Crippen LogP contribution is 2.13. The third kappa shape index (κ3) is 4.50. The van der Waals surface area contributed by atoms with Crippen molar-refractivity contribution >= 4 is 11.8 Å². The molecule has 0 bridgehead atoms. The van der Waals surface area contributed by atoms with Gasteiger partial charge in [-0.2, -0.15) is 5.26 Å². The minimum absolute atomic E-state index is 0.0307. The van der Waals surface area contributed by atoms with Crippen LogP contribution in [0.2, 0.25) is 0 Å². The monoisotopic (exact) mass is 365 g/mol. The van der Waals surface area contributed by atoms with E-state index in [0.717, 1.165) is 0 Å². The summed E-state index contributed by atoms with van der Waals surface area (Å²) in [5, 5.41) is 8.96. The molecule has 0 saturated carbocycles. The van der Waals surface area contributed by atoms with E-state index in [9.17, 15) is 14.0 Å². The van der Waals surface area contributed by atoms with Crippen LogP contribution in [0, 0.1) is 17.1 Å². The highest BCUT2D eigenvalue weighted by Gasteiger charge is 2.24. The van der Waals surface area contributed by atoms with Crippen molar-refractivity contribution < 1.29 is 14.0 Å². The molecule has 2 amide bonds. The van der Waals surface area contributed by atoms with E-state index in [-0.39, 0.29) is 24.1 Å². The van der Waals surface area contributed by atoms with Gasteiger partial charge in [-0.1, -0.05) is 24.3 Å². The number of amides is 2. The maximum Gasteiger partial charge on any atom is 0.254 e. The average Bonchev–Trinajstić information content (AvgIpc) is 2.72. The van der Waals surface area contributed by atoms with Crippen LogP contribution in [0.25, 0.3) is 0 Å². The Balaban J connectivity index is 1.52. The first-order chi connectivity index (χ1) is 13.1. The predicted molar refractivity (Wildman–Crippen MR) is 98.4 cm³/mol. The SMILES string of the molecule is N#Cc1cccc(C(=O)N2CCN(C(=O)CCc3ccccc3F)CC2)c1. The quantitative estimate of drug-likeness (QED) is 0.837. The lowest BCUT2D eigenvalue weighted by Crippen LogP contribution is -2.50. The molecule has 27 heavy (non-hydrogen) atoms. The first-order valence-corrected chi connectivity index (χ1v) is 8.89. The van der Waals surface area contributed by atoms with Crippen molar-refractivity contribution in [1.82, 2.24) is 9.80 Å². The van der Waals surface area contributed by atoms with Crippen LogP contribution >= 0.6 is 0 Å². The van der Waals surface area contributed by atoms with Crippen LogP contribution < -0.4 is 0 Å². The summed E-state index contributed by atoms with van der Waals surface area (Å²) in [5.41, 5.74) is 1.47. The molecular formula is C21H20FN3O2. The van der Waals surface area contributed by atoms with Gasteiger partial charge < -0.3 is 9.80 Å². The number of piperazine rings is 1. The van der Waals surface area contributed by atoms with Crippen LogP contribution in [0.4, 0.5) is 4.39 Å². The molecule has 0 N–H and O–H groups in total.